The van der Waals surface area contributed by atoms with Gasteiger partial charge in [-0.2, -0.15) is 0 Å². The zero-order chi connectivity index (χ0) is 15.7. The molecular weight excluding hydrogens is 310 g/mol. The average Bonchev–Trinajstić information content (AvgIpc) is 3.30. The third-order valence-corrected chi connectivity index (χ3v) is 6.63. The summed E-state index contributed by atoms with van der Waals surface area (Å²) < 4.78 is 5.53. The summed E-state index contributed by atoms with van der Waals surface area (Å²) in [6, 6.07) is 0.652. The molecule has 3 aliphatic heterocycles. The van der Waals surface area contributed by atoms with Crippen LogP contribution in [-0.4, -0.2) is 66.1 Å². The third kappa shape index (κ3) is 3.16. The van der Waals surface area contributed by atoms with Gasteiger partial charge in [-0.1, -0.05) is 0 Å². The lowest BCUT2D eigenvalue weighted by Gasteiger charge is -2.47. The SMILES string of the molecule is O=C(c1cscn1)N1CCC2(CC1)CCN([C@@H]1CCOC1)CC2. The second-order valence-corrected chi connectivity index (χ2v) is 7.94. The Bertz CT molecular complexity index is 524. The molecule has 5 nitrogen and oxygen atoms in total. The fourth-order valence-electron chi connectivity index (χ4n) is 4.34. The molecule has 1 amide bonds. The van der Waals surface area contributed by atoms with Crippen LogP contribution < -0.4 is 0 Å². The van der Waals surface area contributed by atoms with Crippen LogP contribution in [0.2, 0.25) is 0 Å². The van der Waals surface area contributed by atoms with E-state index in [0.717, 1.165) is 39.1 Å². The molecule has 0 aromatic carbocycles. The Balaban J connectivity index is 1.30. The van der Waals surface area contributed by atoms with Gasteiger partial charge in [0.2, 0.25) is 0 Å². The van der Waals surface area contributed by atoms with E-state index in [1.54, 1.807) is 5.51 Å². The topological polar surface area (TPSA) is 45.7 Å². The quantitative estimate of drug-likeness (QED) is 0.832. The Labute approximate surface area is 141 Å². The maximum absolute atomic E-state index is 12.4. The standard InChI is InChI=1S/C17H25N3O2S/c21-16(15-12-23-13-18-15)20-8-4-17(5-9-20)2-6-19(7-3-17)14-1-10-22-11-14/h12-14H,1-11H2/t14-/m1/s1. The van der Waals surface area contributed by atoms with E-state index < -0.39 is 0 Å². The van der Waals surface area contributed by atoms with Gasteiger partial charge >= 0.3 is 0 Å². The van der Waals surface area contributed by atoms with Crippen LogP contribution in [0.3, 0.4) is 0 Å². The maximum Gasteiger partial charge on any atom is 0.273 e. The largest absolute Gasteiger partial charge is 0.380 e. The number of rotatable bonds is 2. The molecular formula is C17H25N3O2S. The normalized spacial score (nSPS) is 28.3. The van der Waals surface area contributed by atoms with Crippen molar-refractivity contribution in [2.45, 2.75) is 38.1 Å². The van der Waals surface area contributed by atoms with Crippen molar-refractivity contribution >= 4 is 17.2 Å². The van der Waals surface area contributed by atoms with Crippen molar-refractivity contribution in [2.75, 3.05) is 39.4 Å². The Morgan fingerprint density at radius 1 is 1.22 bits per heavy atom. The lowest BCUT2D eigenvalue weighted by Crippen LogP contribution is -2.50. The number of hydrogen-bond donors (Lipinski definition) is 0. The molecule has 0 radical (unpaired) electrons. The first-order valence-electron chi connectivity index (χ1n) is 8.75. The zero-order valence-electron chi connectivity index (χ0n) is 13.6. The minimum Gasteiger partial charge on any atom is -0.380 e. The van der Waals surface area contributed by atoms with Gasteiger partial charge < -0.3 is 9.64 Å². The van der Waals surface area contributed by atoms with Crippen LogP contribution in [0.25, 0.3) is 0 Å². The molecule has 23 heavy (non-hydrogen) atoms. The summed E-state index contributed by atoms with van der Waals surface area (Å²) in [7, 11) is 0. The van der Waals surface area contributed by atoms with Gasteiger partial charge in [-0.15, -0.1) is 11.3 Å². The molecule has 0 unspecified atom stereocenters. The minimum absolute atomic E-state index is 0.113. The van der Waals surface area contributed by atoms with Crippen molar-refractivity contribution in [3.8, 4) is 0 Å². The number of piperidine rings is 2. The first-order valence-corrected chi connectivity index (χ1v) is 9.69. The Kier molecular flexibility index (Phi) is 4.39. The molecule has 1 spiro atoms. The maximum atomic E-state index is 12.4. The van der Waals surface area contributed by atoms with E-state index in [4.69, 9.17) is 4.74 Å². The number of likely N-dealkylation sites (tertiary alicyclic amines) is 2. The molecule has 0 aliphatic carbocycles. The number of aromatic nitrogens is 1. The second-order valence-electron chi connectivity index (χ2n) is 7.22. The van der Waals surface area contributed by atoms with Gasteiger partial charge in [0, 0.05) is 31.1 Å². The molecule has 0 saturated carbocycles. The fourth-order valence-corrected chi connectivity index (χ4v) is 4.86. The van der Waals surface area contributed by atoms with Gasteiger partial charge in [0.1, 0.15) is 5.69 Å². The summed E-state index contributed by atoms with van der Waals surface area (Å²) in [6.07, 6.45) is 6.06. The van der Waals surface area contributed by atoms with E-state index in [2.05, 4.69) is 9.88 Å². The number of hydrogen-bond acceptors (Lipinski definition) is 5. The predicted molar refractivity (Wildman–Crippen MR) is 89.7 cm³/mol. The molecule has 3 aliphatic rings. The highest BCUT2D eigenvalue weighted by atomic mass is 32.1. The van der Waals surface area contributed by atoms with Gasteiger partial charge in [0.05, 0.1) is 12.1 Å². The highest BCUT2D eigenvalue weighted by Crippen LogP contribution is 2.42. The molecule has 4 heterocycles. The van der Waals surface area contributed by atoms with Gasteiger partial charge in [0.25, 0.3) is 5.91 Å². The van der Waals surface area contributed by atoms with Crippen molar-refractivity contribution in [2.24, 2.45) is 5.41 Å². The smallest absolute Gasteiger partial charge is 0.273 e. The van der Waals surface area contributed by atoms with Crippen molar-refractivity contribution < 1.29 is 9.53 Å². The van der Waals surface area contributed by atoms with E-state index in [1.807, 2.05) is 10.3 Å². The number of thiazole rings is 1. The average molecular weight is 335 g/mol. The summed E-state index contributed by atoms with van der Waals surface area (Å²) in [5.74, 6) is 0.113. The summed E-state index contributed by atoms with van der Waals surface area (Å²) in [5.41, 5.74) is 2.82. The van der Waals surface area contributed by atoms with E-state index in [9.17, 15) is 4.79 Å². The van der Waals surface area contributed by atoms with E-state index in [1.165, 1.54) is 43.7 Å². The first-order chi connectivity index (χ1) is 11.3. The zero-order valence-corrected chi connectivity index (χ0v) is 14.4. The molecule has 0 bridgehead atoms. The summed E-state index contributed by atoms with van der Waals surface area (Å²) >= 11 is 1.49. The van der Waals surface area contributed by atoms with Crippen molar-refractivity contribution in [3.63, 3.8) is 0 Å². The van der Waals surface area contributed by atoms with Crippen LogP contribution in [0, 0.1) is 5.41 Å². The minimum atomic E-state index is 0.113. The number of carbonyl (C=O) groups excluding carboxylic acids is 1. The van der Waals surface area contributed by atoms with Crippen molar-refractivity contribution in [1.82, 2.24) is 14.8 Å². The van der Waals surface area contributed by atoms with E-state index >= 15 is 0 Å². The van der Waals surface area contributed by atoms with Gasteiger partial charge in [-0.05, 0) is 50.6 Å². The van der Waals surface area contributed by atoms with Crippen LogP contribution in [0.15, 0.2) is 10.9 Å². The summed E-state index contributed by atoms with van der Waals surface area (Å²) in [5, 5.41) is 1.86. The summed E-state index contributed by atoms with van der Waals surface area (Å²) in [6.45, 7) is 6.04. The Morgan fingerprint density at radius 2 is 1.96 bits per heavy atom. The van der Waals surface area contributed by atoms with Crippen LogP contribution in [0.4, 0.5) is 0 Å². The monoisotopic (exact) mass is 335 g/mol. The van der Waals surface area contributed by atoms with Crippen LogP contribution >= 0.6 is 11.3 Å². The van der Waals surface area contributed by atoms with E-state index in [-0.39, 0.29) is 5.91 Å². The molecule has 1 aromatic rings. The molecule has 6 heteroatoms. The predicted octanol–water partition coefficient (Wildman–Crippen LogP) is 2.25. The summed E-state index contributed by atoms with van der Waals surface area (Å²) in [4.78, 5) is 21.2. The van der Waals surface area contributed by atoms with Crippen LogP contribution in [0.1, 0.15) is 42.6 Å². The van der Waals surface area contributed by atoms with Crippen molar-refractivity contribution in [3.05, 3.63) is 16.6 Å². The first kappa shape index (κ1) is 15.5. The van der Waals surface area contributed by atoms with Gasteiger partial charge in [0.15, 0.2) is 0 Å². The number of ether oxygens (including phenoxy) is 1. The molecule has 126 valence electrons. The van der Waals surface area contributed by atoms with Gasteiger partial charge in [-0.25, -0.2) is 4.98 Å². The number of nitrogens with zero attached hydrogens (tertiary/aromatic N) is 3. The highest BCUT2D eigenvalue weighted by Gasteiger charge is 2.40. The highest BCUT2D eigenvalue weighted by molar-refractivity contribution is 7.07. The molecule has 0 N–H and O–H groups in total. The molecule has 3 saturated heterocycles. The number of carbonyl (C=O) groups is 1. The van der Waals surface area contributed by atoms with Crippen molar-refractivity contribution in [1.29, 1.82) is 0 Å². The van der Waals surface area contributed by atoms with E-state index in [0.29, 0.717) is 17.2 Å². The van der Waals surface area contributed by atoms with Crippen LogP contribution in [0.5, 0.6) is 0 Å². The molecule has 1 aromatic heterocycles. The third-order valence-electron chi connectivity index (χ3n) is 6.04. The Morgan fingerprint density at radius 3 is 2.57 bits per heavy atom. The number of amides is 1. The second kappa shape index (κ2) is 6.49. The Hall–Kier alpha value is -0.980. The molecule has 1 atom stereocenters. The molecule has 3 fully saturated rings. The fraction of sp³-hybridized carbons (Fsp3) is 0.765. The lowest BCUT2D eigenvalue weighted by atomic mass is 9.71. The van der Waals surface area contributed by atoms with Crippen LogP contribution in [-0.2, 0) is 4.74 Å². The molecule has 4 rings (SSSR count). The van der Waals surface area contributed by atoms with Gasteiger partial charge in [-0.3, -0.25) is 9.69 Å². The lowest BCUT2D eigenvalue weighted by molar-refractivity contribution is 0.0173.